The Kier molecular flexibility index (Phi) is 8.06. The summed E-state index contributed by atoms with van der Waals surface area (Å²) in [4.78, 5) is 19.3. The molecule has 216 valence electrons. The summed E-state index contributed by atoms with van der Waals surface area (Å²) in [5, 5.41) is 7.03. The molecule has 0 bridgehead atoms. The van der Waals surface area contributed by atoms with Gasteiger partial charge in [-0.3, -0.25) is 9.78 Å². The van der Waals surface area contributed by atoms with E-state index in [1.54, 1.807) is 13.3 Å². The van der Waals surface area contributed by atoms with Crippen LogP contribution in [0, 0.1) is 6.92 Å². The van der Waals surface area contributed by atoms with Gasteiger partial charge in [-0.15, -0.1) is 0 Å². The number of methoxy groups -OCH3 is 1. The van der Waals surface area contributed by atoms with Crippen LogP contribution in [-0.2, 0) is 4.79 Å². The number of benzene rings is 3. The molecular weight excluding hydrogens is 558 g/mol. The highest BCUT2D eigenvalue weighted by Crippen LogP contribution is 2.43. The standard InChI is InChI=1S/C34H31N5O3S/c1-23-11-20-30(38(23)25-16-18-27(41-2)19-17-25)33-32(29-10-6-7-21-35-29)37-34(43)39(33)26-14-12-24(13-15-26)36-31(40)22-42-28-8-4-3-5-9-28/h3-21,32-33H,22H2,1-2H3,(H,36,40)(H,37,43). The molecule has 43 heavy (non-hydrogen) atoms. The number of thiocarbonyl (C=S) groups is 1. The van der Waals surface area contributed by atoms with Gasteiger partial charge in [-0.25, -0.2) is 0 Å². The smallest absolute Gasteiger partial charge is 0.262 e. The highest BCUT2D eigenvalue weighted by Gasteiger charge is 2.42. The Morgan fingerprint density at radius 2 is 1.60 bits per heavy atom. The number of aromatic nitrogens is 2. The zero-order valence-corrected chi connectivity index (χ0v) is 24.6. The van der Waals surface area contributed by atoms with Gasteiger partial charge in [0.05, 0.1) is 18.8 Å². The monoisotopic (exact) mass is 589 g/mol. The molecule has 2 N–H and O–H groups in total. The van der Waals surface area contributed by atoms with Crippen molar-refractivity contribution < 1.29 is 14.3 Å². The van der Waals surface area contributed by atoms with Crippen LogP contribution >= 0.6 is 12.2 Å². The Morgan fingerprint density at radius 3 is 2.30 bits per heavy atom. The normalized spacial score (nSPS) is 16.0. The van der Waals surface area contributed by atoms with Crippen LogP contribution in [0.2, 0.25) is 0 Å². The van der Waals surface area contributed by atoms with Gasteiger partial charge in [0.15, 0.2) is 11.7 Å². The zero-order chi connectivity index (χ0) is 29.8. The van der Waals surface area contributed by atoms with Gasteiger partial charge in [0.25, 0.3) is 5.91 Å². The fourth-order valence-corrected chi connectivity index (χ4v) is 5.72. The molecule has 0 saturated carbocycles. The Morgan fingerprint density at radius 1 is 0.884 bits per heavy atom. The van der Waals surface area contributed by atoms with Gasteiger partial charge in [-0.1, -0.05) is 24.3 Å². The quantitative estimate of drug-likeness (QED) is 0.193. The van der Waals surface area contributed by atoms with E-state index in [1.807, 2.05) is 84.9 Å². The number of nitrogens with zero attached hydrogens (tertiary/aromatic N) is 3. The number of pyridine rings is 1. The average molecular weight is 590 g/mol. The molecule has 3 aromatic carbocycles. The molecule has 5 aromatic rings. The number of ether oxygens (including phenoxy) is 2. The number of aryl methyl sites for hydroxylation is 1. The molecule has 6 rings (SSSR count). The molecule has 1 aliphatic rings. The molecule has 3 heterocycles. The Hall–Kier alpha value is -5.15. The molecule has 0 radical (unpaired) electrons. The van der Waals surface area contributed by atoms with Crippen molar-refractivity contribution in [1.29, 1.82) is 0 Å². The maximum atomic E-state index is 12.5. The van der Waals surface area contributed by atoms with E-state index in [4.69, 9.17) is 21.7 Å². The van der Waals surface area contributed by atoms with Crippen LogP contribution in [0.3, 0.4) is 0 Å². The van der Waals surface area contributed by atoms with Gasteiger partial charge in [0.2, 0.25) is 0 Å². The summed E-state index contributed by atoms with van der Waals surface area (Å²) in [5.41, 5.74) is 5.61. The fourth-order valence-electron chi connectivity index (χ4n) is 5.37. The number of amides is 1. The van der Waals surface area contributed by atoms with Crippen molar-refractivity contribution in [2.24, 2.45) is 0 Å². The first kappa shape index (κ1) is 28.0. The molecule has 8 nitrogen and oxygen atoms in total. The van der Waals surface area contributed by atoms with Crippen LogP contribution in [0.4, 0.5) is 11.4 Å². The van der Waals surface area contributed by atoms with Crippen molar-refractivity contribution in [2.45, 2.75) is 19.0 Å². The molecule has 9 heteroatoms. The first-order valence-electron chi connectivity index (χ1n) is 13.9. The summed E-state index contributed by atoms with van der Waals surface area (Å²) >= 11 is 5.93. The predicted octanol–water partition coefficient (Wildman–Crippen LogP) is 6.38. The van der Waals surface area contributed by atoms with E-state index >= 15 is 0 Å². The van der Waals surface area contributed by atoms with E-state index in [1.165, 1.54) is 0 Å². The molecule has 1 saturated heterocycles. The van der Waals surface area contributed by atoms with Gasteiger partial charge in [-0.05, 0) is 104 Å². The second-order valence-electron chi connectivity index (χ2n) is 10.1. The number of carbonyl (C=O) groups is 1. The molecule has 2 atom stereocenters. The summed E-state index contributed by atoms with van der Waals surface area (Å²) in [6, 6.07) is 34.7. The molecule has 1 fully saturated rings. The molecule has 0 aliphatic carbocycles. The minimum atomic E-state index is -0.240. The Labute approximate surface area is 255 Å². The van der Waals surface area contributed by atoms with Crippen LogP contribution in [0.25, 0.3) is 5.69 Å². The van der Waals surface area contributed by atoms with E-state index in [0.717, 1.165) is 34.2 Å². The third-order valence-corrected chi connectivity index (χ3v) is 7.69. The van der Waals surface area contributed by atoms with E-state index in [0.29, 0.717) is 16.5 Å². The lowest BCUT2D eigenvalue weighted by Gasteiger charge is -2.29. The minimum absolute atomic E-state index is 0.0819. The average Bonchev–Trinajstić information content (AvgIpc) is 3.60. The summed E-state index contributed by atoms with van der Waals surface area (Å²) < 4.78 is 13.2. The number of anilines is 2. The highest BCUT2D eigenvalue weighted by atomic mass is 32.1. The van der Waals surface area contributed by atoms with Crippen LogP contribution in [0.15, 0.2) is 115 Å². The maximum Gasteiger partial charge on any atom is 0.262 e. The van der Waals surface area contributed by atoms with Gasteiger partial charge < -0.3 is 29.6 Å². The number of nitrogens with one attached hydrogen (secondary N) is 2. The van der Waals surface area contributed by atoms with Gasteiger partial charge >= 0.3 is 0 Å². The predicted molar refractivity (Wildman–Crippen MR) is 172 cm³/mol. The maximum absolute atomic E-state index is 12.5. The Bertz CT molecular complexity index is 1710. The number of carbonyl (C=O) groups excluding carboxylic acids is 1. The third-order valence-electron chi connectivity index (χ3n) is 7.38. The van der Waals surface area contributed by atoms with Crippen molar-refractivity contribution in [2.75, 3.05) is 23.9 Å². The highest BCUT2D eigenvalue weighted by molar-refractivity contribution is 7.80. The third kappa shape index (κ3) is 5.93. The van der Waals surface area contributed by atoms with Crippen molar-refractivity contribution in [3.63, 3.8) is 0 Å². The Balaban J connectivity index is 1.30. The summed E-state index contributed by atoms with van der Waals surface area (Å²) in [6.45, 7) is 2.01. The SMILES string of the molecule is COc1ccc(-n2c(C)ccc2C2C(c3ccccn3)NC(=S)N2c2ccc(NC(=O)COc3ccccc3)cc2)cc1. The van der Waals surface area contributed by atoms with Crippen molar-refractivity contribution in [3.8, 4) is 17.2 Å². The minimum Gasteiger partial charge on any atom is -0.497 e. The van der Waals surface area contributed by atoms with E-state index in [-0.39, 0.29) is 24.6 Å². The van der Waals surface area contributed by atoms with E-state index in [9.17, 15) is 4.79 Å². The van der Waals surface area contributed by atoms with Crippen LogP contribution in [-0.4, -0.2) is 34.3 Å². The number of hydrogen-bond donors (Lipinski definition) is 2. The molecule has 2 aromatic heterocycles. The van der Waals surface area contributed by atoms with E-state index in [2.05, 4.69) is 56.3 Å². The van der Waals surface area contributed by atoms with Crippen LogP contribution < -0.4 is 25.0 Å². The summed E-state index contributed by atoms with van der Waals surface area (Å²) in [7, 11) is 1.66. The zero-order valence-electron chi connectivity index (χ0n) is 23.8. The second kappa shape index (κ2) is 12.4. The molecule has 1 aliphatic heterocycles. The lowest BCUT2D eigenvalue weighted by atomic mass is 10.0. The first-order chi connectivity index (χ1) is 21.0. The van der Waals surface area contributed by atoms with Crippen molar-refractivity contribution in [3.05, 3.63) is 132 Å². The largest absolute Gasteiger partial charge is 0.497 e. The van der Waals surface area contributed by atoms with Crippen LogP contribution in [0.1, 0.15) is 29.2 Å². The van der Waals surface area contributed by atoms with E-state index < -0.39 is 0 Å². The first-order valence-corrected chi connectivity index (χ1v) is 14.3. The van der Waals surface area contributed by atoms with Crippen LogP contribution in [0.5, 0.6) is 11.5 Å². The summed E-state index contributed by atoms with van der Waals surface area (Å²) in [6.07, 6.45) is 1.80. The van der Waals surface area contributed by atoms with Crippen molar-refractivity contribution in [1.82, 2.24) is 14.9 Å². The summed E-state index contributed by atoms with van der Waals surface area (Å²) in [5.74, 6) is 1.20. The molecule has 2 unspecified atom stereocenters. The molecule has 0 spiro atoms. The van der Waals surface area contributed by atoms with Crippen molar-refractivity contribution >= 4 is 34.6 Å². The van der Waals surface area contributed by atoms with Gasteiger partial charge in [0, 0.05) is 34.6 Å². The molecular formula is C34H31N5O3S. The second-order valence-corrected chi connectivity index (χ2v) is 10.5. The fraction of sp³-hybridized carbons (Fsp3) is 0.147. The molecule has 1 amide bonds. The topological polar surface area (TPSA) is 80.7 Å². The number of rotatable bonds is 9. The lowest BCUT2D eigenvalue weighted by molar-refractivity contribution is -0.118. The number of hydrogen-bond acceptors (Lipinski definition) is 5. The lowest BCUT2D eigenvalue weighted by Crippen LogP contribution is -2.30. The number of para-hydroxylation sites is 1. The van der Waals surface area contributed by atoms with Gasteiger partial charge in [-0.2, -0.15) is 0 Å². The van der Waals surface area contributed by atoms with Gasteiger partial charge in [0.1, 0.15) is 17.5 Å².